The minimum Gasteiger partial charge on any atom is -0.465 e. The van der Waals surface area contributed by atoms with E-state index < -0.39 is 0 Å². The Hall–Kier alpha value is -2.39. The minimum atomic E-state index is -0.348. The van der Waals surface area contributed by atoms with Crippen LogP contribution in [0.2, 0.25) is 5.15 Å². The van der Waals surface area contributed by atoms with Gasteiger partial charge in [0.2, 0.25) is 0 Å². The highest BCUT2D eigenvalue weighted by atomic mass is 35.5. The van der Waals surface area contributed by atoms with Crippen LogP contribution in [-0.4, -0.2) is 18.1 Å². The topological polar surface area (TPSA) is 39.2 Å². The van der Waals surface area contributed by atoms with Gasteiger partial charge in [-0.15, -0.1) is 0 Å². The molecule has 0 atom stereocenters. The maximum absolute atomic E-state index is 11.7. The first-order chi connectivity index (χ1) is 10.2. The summed E-state index contributed by atoms with van der Waals surface area (Å²) in [5.74, 6) is -0.348. The average molecular weight is 298 g/mol. The zero-order valence-electron chi connectivity index (χ0n) is 11.3. The summed E-state index contributed by atoms with van der Waals surface area (Å²) >= 11 is 5.96. The first-order valence-electron chi connectivity index (χ1n) is 6.42. The van der Waals surface area contributed by atoms with Gasteiger partial charge in [-0.05, 0) is 46.2 Å². The van der Waals surface area contributed by atoms with Gasteiger partial charge in [0.05, 0.1) is 12.7 Å². The van der Waals surface area contributed by atoms with Crippen molar-refractivity contribution in [3.8, 4) is 11.1 Å². The number of aromatic nitrogens is 1. The minimum absolute atomic E-state index is 0.348. The van der Waals surface area contributed by atoms with Crippen molar-refractivity contribution in [3.63, 3.8) is 0 Å². The van der Waals surface area contributed by atoms with Crippen molar-refractivity contribution in [1.82, 2.24) is 4.98 Å². The molecule has 0 aliphatic heterocycles. The van der Waals surface area contributed by atoms with Crippen molar-refractivity contribution in [1.29, 1.82) is 0 Å². The molecular formula is C17H12ClNO2. The van der Waals surface area contributed by atoms with Gasteiger partial charge in [0.25, 0.3) is 0 Å². The third kappa shape index (κ3) is 2.60. The smallest absolute Gasteiger partial charge is 0.337 e. The SMILES string of the molecule is COC(=O)c1ccc2cccc(-c3ccnc(Cl)c3)c2c1. The lowest BCUT2D eigenvalue weighted by atomic mass is 9.97. The first-order valence-corrected chi connectivity index (χ1v) is 6.80. The molecule has 0 N–H and O–H groups in total. The van der Waals surface area contributed by atoms with Crippen molar-refractivity contribution in [3.05, 3.63) is 65.4 Å². The Balaban J connectivity index is 2.25. The van der Waals surface area contributed by atoms with Crippen LogP contribution in [0.1, 0.15) is 10.4 Å². The number of rotatable bonds is 2. The van der Waals surface area contributed by atoms with Crippen LogP contribution in [-0.2, 0) is 4.74 Å². The third-order valence-electron chi connectivity index (χ3n) is 3.34. The lowest BCUT2D eigenvalue weighted by molar-refractivity contribution is 0.0601. The Morgan fingerprint density at radius 2 is 2.00 bits per heavy atom. The van der Waals surface area contributed by atoms with Crippen molar-refractivity contribution in [2.75, 3.05) is 7.11 Å². The van der Waals surface area contributed by atoms with Crippen molar-refractivity contribution in [2.24, 2.45) is 0 Å². The second kappa shape index (κ2) is 5.54. The average Bonchev–Trinajstić information content (AvgIpc) is 2.53. The maximum Gasteiger partial charge on any atom is 0.337 e. The first kappa shape index (κ1) is 13.6. The Kier molecular flexibility index (Phi) is 3.59. The van der Waals surface area contributed by atoms with E-state index in [4.69, 9.17) is 16.3 Å². The molecule has 1 aromatic heterocycles. The van der Waals surface area contributed by atoms with Gasteiger partial charge in [0.1, 0.15) is 5.15 Å². The number of hydrogen-bond acceptors (Lipinski definition) is 3. The van der Waals surface area contributed by atoms with Crippen LogP contribution >= 0.6 is 11.6 Å². The molecule has 104 valence electrons. The molecule has 3 rings (SSSR count). The quantitative estimate of drug-likeness (QED) is 0.522. The molecule has 2 aromatic carbocycles. The Labute approximate surface area is 127 Å². The van der Waals surface area contributed by atoms with Gasteiger partial charge in [-0.2, -0.15) is 0 Å². The van der Waals surface area contributed by atoms with E-state index in [9.17, 15) is 4.79 Å². The highest BCUT2D eigenvalue weighted by molar-refractivity contribution is 6.29. The van der Waals surface area contributed by atoms with Crippen LogP contribution in [0.25, 0.3) is 21.9 Å². The van der Waals surface area contributed by atoms with Crippen LogP contribution in [0.15, 0.2) is 54.7 Å². The predicted molar refractivity (Wildman–Crippen MR) is 83.5 cm³/mol. The molecule has 0 saturated carbocycles. The van der Waals surface area contributed by atoms with Crippen LogP contribution in [0.5, 0.6) is 0 Å². The van der Waals surface area contributed by atoms with Crippen molar-refractivity contribution < 1.29 is 9.53 Å². The normalized spacial score (nSPS) is 10.6. The molecule has 0 radical (unpaired) electrons. The Morgan fingerprint density at radius 3 is 2.76 bits per heavy atom. The van der Waals surface area contributed by atoms with Gasteiger partial charge >= 0.3 is 5.97 Å². The molecule has 4 heteroatoms. The molecular weight excluding hydrogens is 286 g/mol. The molecule has 0 amide bonds. The number of carbonyl (C=O) groups excluding carboxylic acids is 1. The number of halogens is 1. The number of fused-ring (bicyclic) bond motifs is 1. The van der Waals surface area contributed by atoms with Gasteiger partial charge in [-0.1, -0.05) is 35.9 Å². The number of hydrogen-bond donors (Lipinski definition) is 0. The molecule has 21 heavy (non-hydrogen) atoms. The highest BCUT2D eigenvalue weighted by Crippen LogP contribution is 2.30. The molecule has 1 heterocycles. The van der Waals surface area contributed by atoms with E-state index in [1.807, 2.05) is 36.4 Å². The lowest BCUT2D eigenvalue weighted by Gasteiger charge is -2.08. The molecule has 0 bridgehead atoms. The van der Waals surface area contributed by atoms with Crippen LogP contribution in [0.3, 0.4) is 0 Å². The molecule has 0 saturated heterocycles. The summed E-state index contributed by atoms with van der Waals surface area (Å²) in [6.07, 6.45) is 1.67. The largest absolute Gasteiger partial charge is 0.465 e. The predicted octanol–water partition coefficient (Wildman–Crippen LogP) is 4.34. The maximum atomic E-state index is 11.7. The van der Waals surface area contributed by atoms with E-state index in [-0.39, 0.29) is 5.97 Å². The summed E-state index contributed by atoms with van der Waals surface area (Å²) < 4.78 is 4.78. The fraction of sp³-hybridized carbons (Fsp3) is 0.0588. The molecule has 0 aliphatic rings. The molecule has 3 nitrogen and oxygen atoms in total. The van der Waals surface area contributed by atoms with Crippen molar-refractivity contribution in [2.45, 2.75) is 0 Å². The van der Waals surface area contributed by atoms with E-state index in [1.165, 1.54) is 7.11 Å². The Morgan fingerprint density at radius 1 is 1.14 bits per heavy atom. The fourth-order valence-corrected chi connectivity index (χ4v) is 2.51. The van der Waals surface area contributed by atoms with Crippen molar-refractivity contribution >= 4 is 28.3 Å². The van der Waals surface area contributed by atoms with E-state index in [0.717, 1.165) is 21.9 Å². The number of methoxy groups -OCH3 is 1. The number of ether oxygens (including phenoxy) is 1. The van der Waals surface area contributed by atoms with Gasteiger partial charge in [-0.3, -0.25) is 0 Å². The summed E-state index contributed by atoms with van der Waals surface area (Å²) in [5.41, 5.74) is 2.49. The second-order valence-electron chi connectivity index (χ2n) is 4.60. The van der Waals surface area contributed by atoms with E-state index in [2.05, 4.69) is 4.98 Å². The fourth-order valence-electron chi connectivity index (χ4n) is 2.34. The second-order valence-corrected chi connectivity index (χ2v) is 4.99. The van der Waals surface area contributed by atoms with E-state index >= 15 is 0 Å². The number of pyridine rings is 1. The van der Waals surface area contributed by atoms with Gasteiger partial charge in [0, 0.05) is 6.20 Å². The van der Waals surface area contributed by atoms with Gasteiger partial charge in [-0.25, -0.2) is 9.78 Å². The summed E-state index contributed by atoms with van der Waals surface area (Å²) in [6, 6.07) is 15.2. The molecule has 0 unspecified atom stereocenters. The van der Waals surface area contributed by atoms with E-state index in [1.54, 1.807) is 18.3 Å². The van der Waals surface area contributed by atoms with E-state index in [0.29, 0.717) is 10.7 Å². The lowest BCUT2D eigenvalue weighted by Crippen LogP contribution is -2.00. The number of benzene rings is 2. The zero-order valence-corrected chi connectivity index (χ0v) is 12.1. The standard InChI is InChI=1S/C17H12ClNO2/c1-21-17(20)13-6-5-11-3-2-4-14(15(11)9-13)12-7-8-19-16(18)10-12/h2-10H,1H3. The van der Waals surface area contributed by atoms with Gasteiger partial charge in [0.15, 0.2) is 0 Å². The third-order valence-corrected chi connectivity index (χ3v) is 3.55. The number of nitrogens with zero attached hydrogens (tertiary/aromatic N) is 1. The zero-order chi connectivity index (χ0) is 14.8. The van der Waals surface area contributed by atoms with Crippen LogP contribution < -0.4 is 0 Å². The Bertz CT molecular complexity index is 830. The monoisotopic (exact) mass is 297 g/mol. The number of carbonyl (C=O) groups is 1. The summed E-state index contributed by atoms with van der Waals surface area (Å²) in [6.45, 7) is 0. The highest BCUT2D eigenvalue weighted by Gasteiger charge is 2.09. The summed E-state index contributed by atoms with van der Waals surface area (Å²) in [5, 5.41) is 2.46. The van der Waals surface area contributed by atoms with Gasteiger partial charge < -0.3 is 4.74 Å². The van der Waals surface area contributed by atoms with Crippen LogP contribution in [0, 0.1) is 0 Å². The van der Waals surface area contributed by atoms with Crippen LogP contribution in [0.4, 0.5) is 0 Å². The molecule has 3 aromatic rings. The number of esters is 1. The summed E-state index contributed by atoms with van der Waals surface area (Å²) in [7, 11) is 1.38. The summed E-state index contributed by atoms with van der Waals surface area (Å²) in [4.78, 5) is 15.7. The molecule has 0 aliphatic carbocycles. The molecule has 0 fully saturated rings. The molecule has 0 spiro atoms.